The Labute approximate surface area is 85.5 Å². The van der Waals surface area contributed by atoms with Crippen LogP contribution >= 0.6 is 0 Å². The Balaban J connectivity index is 2.74. The molecule has 1 fully saturated rings. The summed E-state index contributed by atoms with van der Waals surface area (Å²) in [7, 11) is 0. The average Bonchev–Trinajstić information content (AvgIpc) is 2.13. The Bertz CT molecular complexity index is 237. The lowest BCUT2D eigenvalue weighted by Gasteiger charge is -2.35. The number of hydrogen-bond donors (Lipinski definition) is 0. The SMILES string of the molecule is CC[C@@H](C(C)=O)N1CCCC(C)C1=O. The number of Topliss-reactive ketones (excluding diaryl/α,β-unsaturated/α-hetero) is 1. The summed E-state index contributed by atoms with van der Waals surface area (Å²) in [6.07, 6.45) is 2.72. The van der Waals surface area contributed by atoms with Gasteiger partial charge in [-0.2, -0.15) is 0 Å². The predicted octanol–water partition coefficient (Wildman–Crippen LogP) is 1.61. The van der Waals surface area contributed by atoms with Crippen LogP contribution in [0, 0.1) is 5.92 Å². The van der Waals surface area contributed by atoms with E-state index in [9.17, 15) is 9.59 Å². The third kappa shape index (κ3) is 2.14. The number of ketones is 1. The minimum atomic E-state index is -0.190. The summed E-state index contributed by atoms with van der Waals surface area (Å²) in [5.74, 6) is 0.352. The molecule has 1 saturated heterocycles. The van der Waals surface area contributed by atoms with Gasteiger partial charge in [-0.05, 0) is 26.2 Å². The van der Waals surface area contributed by atoms with Gasteiger partial charge in [0, 0.05) is 12.5 Å². The standard InChI is InChI=1S/C11H19NO2/c1-4-10(9(3)13)12-7-5-6-8(2)11(12)14/h8,10H,4-7H2,1-3H3/t8?,10-/m0/s1. The Kier molecular flexibility index (Phi) is 3.67. The molecular weight excluding hydrogens is 178 g/mol. The van der Waals surface area contributed by atoms with Crippen molar-refractivity contribution in [1.82, 2.24) is 4.90 Å². The molecule has 1 amide bonds. The second-order valence-electron chi connectivity index (χ2n) is 4.11. The second kappa shape index (κ2) is 4.58. The number of carbonyl (C=O) groups is 2. The minimum Gasteiger partial charge on any atom is -0.332 e. The van der Waals surface area contributed by atoms with E-state index in [0.717, 1.165) is 25.8 Å². The van der Waals surface area contributed by atoms with Gasteiger partial charge >= 0.3 is 0 Å². The number of likely N-dealkylation sites (tertiary alicyclic amines) is 1. The van der Waals surface area contributed by atoms with Gasteiger partial charge < -0.3 is 4.90 Å². The zero-order valence-electron chi connectivity index (χ0n) is 9.25. The van der Waals surface area contributed by atoms with Crippen molar-refractivity contribution < 1.29 is 9.59 Å². The highest BCUT2D eigenvalue weighted by molar-refractivity contribution is 5.88. The lowest BCUT2D eigenvalue weighted by Crippen LogP contribution is -2.49. The molecule has 0 aromatic carbocycles. The highest BCUT2D eigenvalue weighted by Crippen LogP contribution is 2.20. The van der Waals surface area contributed by atoms with E-state index in [0.29, 0.717) is 0 Å². The molecule has 2 atom stereocenters. The molecule has 0 spiro atoms. The number of nitrogens with zero attached hydrogens (tertiary/aromatic N) is 1. The fourth-order valence-corrected chi connectivity index (χ4v) is 2.12. The highest BCUT2D eigenvalue weighted by Gasteiger charge is 2.31. The first-order chi connectivity index (χ1) is 6.57. The normalized spacial score (nSPS) is 24.9. The van der Waals surface area contributed by atoms with Crippen LogP contribution in [0.5, 0.6) is 0 Å². The van der Waals surface area contributed by atoms with Crippen molar-refractivity contribution in [2.75, 3.05) is 6.54 Å². The molecule has 80 valence electrons. The first-order valence-electron chi connectivity index (χ1n) is 5.38. The summed E-state index contributed by atoms with van der Waals surface area (Å²) in [5.41, 5.74) is 0. The minimum absolute atomic E-state index is 0.0946. The average molecular weight is 197 g/mol. The van der Waals surface area contributed by atoms with Crippen LogP contribution < -0.4 is 0 Å². The van der Waals surface area contributed by atoms with Crippen LogP contribution in [0.1, 0.15) is 40.0 Å². The van der Waals surface area contributed by atoms with Gasteiger partial charge in [0.25, 0.3) is 0 Å². The summed E-state index contributed by atoms with van der Waals surface area (Å²) in [4.78, 5) is 24.9. The van der Waals surface area contributed by atoms with Crippen molar-refractivity contribution in [1.29, 1.82) is 0 Å². The van der Waals surface area contributed by atoms with Gasteiger partial charge in [0.05, 0.1) is 6.04 Å². The van der Waals surface area contributed by atoms with Gasteiger partial charge in [0.15, 0.2) is 5.78 Å². The molecule has 3 heteroatoms. The van der Waals surface area contributed by atoms with E-state index in [1.165, 1.54) is 0 Å². The van der Waals surface area contributed by atoms with E-state index >= 15 is 0 Å². The van der Waals surface area contributed by atoms with Crippen molar-refractivity contribution in [3.63, 3.8) is 0 Å². The molecule has 3 nitrogen and oxygen atoms in total. The van der Waals surface area contributed by atoms with Crippen molar-refractivity contribution in [3.05, 3.63) is 0 Å². The first-order valence-corrected chi connectivity index (χ1v) is 5.38. The molecule has 1 heterocycles. The topological polar surface area (TPSA) is 37.4 Å². The van der Waals surface area contributed by atoms with Crippen molar-refractivity contribution in [2.45, 2.75) is 46.1 Å². The van der Waals surface area contributed by atoms with Crippen LogP contribution in [0.25, 0.3) is 0 Å². The van der Waals surface area contributed by atoms with Crippen molar-refractivity contribution >= 4 is 11.7 Å². The van der Waals surface area contributed by atoms with Gasteiger partial charge in [-0.3, -0.25) is 9.59 Å². The Morgan fingerprint density at radius 2 is 2.29 bits per heavy atom. The molecule has 0 aromatic rings. The molecule has 14 heavy (non-hydrogen) atoms. The summed E-state index contributed by atoms with van der Waals surface area (Å²) >= 11 is 0. The number of carbonyl (C=O) groups excluding carboxylic acids is 2. The summed E-state index contributed by atoms with van der Waals surface area (Å²) in [5, 5.41) is 0. The van der Waals surface area contributed by atoms with Crippen molar-refractivity contribution in [3.8, 4) is 0 Å². The van der Waals surface area contributed by atoms with Gasteiger partial charge in [-0.25, -0.2) is 0 Å². The monoisotopic (exact) mass is 197 g/mol. The van der Waals surface area contributed by atoms with E-state index in [1.54, 1.807) is 11.8 Å². The lowest BCUT2D eigenvalue weighted by molar-refractivity contribution is -0.144. The number of rotatable bonds is 3. The van der Waals surface area contributed by atoms with Gasteiger partial charge in [0.2, 0.25) is 5.91 Å². The maximum Gasteiger partial charge on any atom is 0.226 e. The zero-order chi connectivity index (χ0) is 10.7. The number of amides is 1. The van der Waals surface area contributed by atoms with E-state index < -0.39 is 0 Å². The summed E-state index contributed by atoms with van der Waals surface area (Å²) < 4.78 is 0. The molecule has 0 saturated carbocycles. The predicted molar refractivity (Wildman–Crippen MR) is 54.9 cm³/mol. The second-order valence-corrected chi connectivity index (χ2v) is 4.11. The van der Waals surface area contributed by atoms with Crippen LogP contribution in [0.15, 0.2) is 0 Å². The van der Waals surface area contributed by atoms with E-state index in [4.69, 9.17) is 0 Å². The molecule has 0 aliphatic carbocycles. The molecule has 1 aliphatic rings. The molecule has 0 bridgehead atoms. The summed E-state index contributed by atoms with van der Waals surface area (Å²) in [6, 6.07) is -0.190. The van der Waals surface area contributed by atoms with E-state index in [2.05, 4.69) is 0 Å². The quantitative estimate of drug-likeness (QED) is 0.689. The molecule has 0 N–H and O–H groups in total. The fraction of sp³-hybridized carbons (Fsp3) is 0.818. The van der Waals surface area contributed by atoms with Crippen LogP contribution in [0.2, 0.25) is 0 Å². The fourth-order valence-electron chi connectivity index (χ4n) is 2.12. The number of piperidine rings is 1. The van der Waals surface area contributed by atoms with Gasteiger partial charge in [-0.15, -0.1) is 0 Å². The van der Waals surface area contributed by atoms with Gasteiger partial charge in [0.1, 0.15) is 0 Å². The van der Waals surface area contributed by atoms with Crippen molar-refractivity contribution in [2.24, 2.45) is 5.92 Å². The number of hydrogen-bond acceptors (Lipinski definition) is 2. The van der Waals surface area contributed by atoms with E-state index in [1.807, 2.05) is 13.8 Å². The molecule has 0 aromatic heterocycles. The molecule has 0 radical (unpaired) electrons. The summed E-state index contributed by atoms with van der Waals surface area (Å²) in [6.45, 7) is 6.22. The molecule has 1 aliphatic heterocycles. The Morgan fingerprint density at radius 1 is 1.64 bits per heavy atom. The lowest BCUT2D eigenvalue weighted by atomic mass is 9.96. The third-order valence-corrected chi connectivity index (χ3v) is 2.97. The smallest absolute Gasteiger partial charge is 0.226 e. The maximum absolute atomic E-state index is 11.8. The molecule has 1 rings (SSSR count). The Morgan fingerprint density at radius 3 is 2.79 bits per heavy atom. The van der Waals surface area contributed by atoms with Crippen LogP contribution in [0.3, 0.4) is 0 Å². The van der Waals surface area contributed by atoms with Crippen LogP contribution in [0.4, 0.5) is 0 Å². The molecular formula is C11H19NO2. The maximum atomic E-state index is 11.8. The van der Waals surface area contributed by atoms with E-state index in [-0.39, 0.29) is 23.7 Å². The van der Waals surface area contributed by atoms with Gasteiger partial charge in [-0.1, -0.05) is 13.8 Å². The Hall–Kier alpha value is -0.860. The third-order valence-electron chi connectivity index (χ3n) is 2.97. The molecule has 1 unspecified atom stereocenters. The highest BCUT2D eigenvalue weighted by atomic mass is 16.2. The van der Waals surface area contributed by atoms with Crippen LogP contribution in [-0.4, -0.2) is 29.2 Å². The zero-order valence-corrected chi connectivity index (χ0v) is 9.25. The largest absolute Gasteiger partial charge is 0.332 e. The first kappa shape index (κ1) is 11.2. The van der Waals surface area contributed by atoms with Crippen LogP contribution in [-0.2, 0) is 9.59 Å².